The molecule has 0 aliphatic rings. The number of rotatable bonds is 6. The predicted molar refractivity (Wildman–Crippen MR) is 72.9 cm³/mol. The van der Waals surface area contributed by atoms with Gasteiger partial charge in [0.05, 0.1) is 10.9 Å². The van der Waals surface area contributed by atoms with Gasteiger partial charge in [-0.3, -0.25) is 4.79 Å². The van der Waals surface area contributed by atoms with Crippen LogP contribution < -0.4 is 15.8 Å². The van der Waals surface area contributed by atoms with E-state index in [9.17, 15) is 13.2 Å². The molecule has 106 valence electrons. The number of hydrogen-bond donors (Lipinski definition) is 3. The molecule has 0 aliphatic heterocycles. The monoisotopic (exact) mass is 285 g/mol. The molecule has 0 heterocycles. The first-order valence-electron chi connectivity index (χ1n) is 5.93. The Hall–Kier alpha value is -1.44. The van der Waals surface area contributed by atoms with Gasteiger partial charge in [-0.15, -0.1) is 0 Å². The van der Waals surface area contributed by atoms with Gasteiger partial charge in [-0.05, 0) is 31.7 Å². The van der Waals surface area contributed by atoms with Crippen LogP contribution in [0, 0.1) is 0 Å². The first-order chi connectivity index (χ1) is 8.90. The van der Waals surface area contributed by atoms with Gasteiger partial charge in [0.2, 0.25) is 15.9 Å². The first-order valence-corrected chi connectivity index (χ1v) is 7.42. The van der Waals surface area contributed by atoms with Crippen molar-refractivity contribution in [3.05, 3.63) is 29.8 Å². The standard InChI is InChI=1S/C12H19N3O3S/c1-9(15-12(16)7-8-13)10-3-5-11(6-4-10)19(17,18)14-2/h3-6,9,14H,7-8,13H2,1-2H3,(H,15,16). The smallest absolute Gasteiger partial charge is 0.240 e. The Balaban J connectivity index is 2.79. The van der Waals surface area contributed by atoms with Crippen molar-refractivity contribution in [3.63, 3.8) is 0 Å². The van der Waals surface area contributed by atoms with Crippen LogP contribution in [0.25, 0.3) is 0 Å². The quantitative estimate of drug-likeness (QED) is 0.691. The van der Waals surface area contributed by atoms with E-state index in [0.29, 0.717) is 6.54 Å². The molecule has 7 heteroatoms. The fourth-order valence-electron chi connectivity index (χ4n) is 1.58. The Morgan fingerprint density at radius 3 is 2.37 bits per heavy atom. The first kappa shape index (κ1) is 15.6. The van der Waals surface area contributed by atoms with Crippen molar-refractivity contribution in [2.75, 3.05) is 13.6 Å². The van der Waals surface area contributed by atoms with Crippen LogP contribution in [0.3, 0.4) is 0 Å². The zero-order chi connectivity index (χ0) is 14.5. The fourth-order valence-corrected chi connectivity index (χ4v) is 2.31. The average Bonchev–Trinajstić information content (AvgIpc) is 2.39. The second-order valence-electron chi connectivity index (χ2n) is 4.10. The van der Waals surface area contributed by atoms with Crippen molar-refractivity contribution in [3.8, 4) is 0 Å². The lowest BCUT2D eigenvalue weighted by Gasteiger charge is -2.14. The Bertz CT molecular complexity index is 526. The van der Waals surface area contributed by atoms with Crippen molar-refractivity contribution < 1.29 is 13.2 Å². The molecule has 1 unspecified atom stereocenters. The summed E-state index contributed by atoms with van der Waals surface area (Å²) in [7, 11) is -2.07. The van der Waals surface area contributed by atoms with Gasteiger partial charge in [-0.25, -0.2) is 13.1 Å². The number of carbonyl (C=O) groups is 1. The van der Waals surface area contributed by atoms with Crippen molar-refractivity contribution >= 4 is 15.9 Å². The van der Waals surface area contributed by atoms with Gasteiger partial charge in [-0.2, -0.15) is 0 Å². The minimum Gasteiger partial charge on any atom is -0.350 e. The summed E-state index contributed by atoms with van der Waals surface area (Å²) in [5.41, 5.74) is 6.13. The van der Waals surface area contributed by atoms with Crippen molar-refractivity contribution in [1.29, 1.82) is 0 Å². The van der Waals surface area contributed by atoms with Crippen LogP contribution in [0.5, 0.6) is 0 Å². The van der Waals surface area contributed by atoms with Gasteiger partial charge in [-0.1, -0.05) is 12.1 Å². The second-order valence-corrected chi connectivity index (χ2v) is 5.99. The van der Waals surface area contributed by atoms with Crippen LogP contribution in [0.15, 0.2) is 29.2 Å². The van der Waals surface area contributed by atoms with E-state index in [1.165, 1.54) is 19.2 Å². The molecule has 1 aromatic rings. The maximum atomic E-state index is 11.6. The minimum absolute atomic E-state index is 0.123. The molecular formula is C12H19N3O3S. The molecule has 1 aromatic carbocycles. The molecule has 1 atom stereocenters. The van der Waals surface area contributed by atoms with E-state index in [1.807, 2.05) is 6.92 Å². The highest BCUT2D eigenvalue weighted by Crippen LogP contribution is 2.16. The maximum absolute atomic E-state index is 11.6. The number of hydrogen-bond acceptors (Lipinski definition) is 4. The predicted octanol–water partition coefficient (Wildman–Crippen LogP) is 0.121. The summed E-state index contributed by atoms with van der Waals surface area (Å²) < 4.78 is 25.3. The third-order valence-electron chi connectivity index (χ3n) is 2.71. The zero-order valence-electron chi connectivity index (χ0n) is 11.0. The van der Waals surface area contributed by atoms with Crippen LogP contribution in [-0.4, -0.2) is 27.9 Å². The molecule has 0 aromatic heterocycles. The normalized spacial score (nSPS) is 13.0. The maximum Gasteiger partial charge on any atom is 0.240 e. The lowest BCUT2D eigenvalue weighted by atomic mass is 10.1. The van der Waals surface area contributed by atoms with Crippen LogP contribution in [0.1, 0.15) is 24.9 Å². The number of carbonyl (C=O) groups excluding carboxylic acids is 1. The second kappa shape index (κ2) is 6.65. The summed E-state index contributed by atoms with van der Waals surface area (Å²) in [6, 6.07) is 6.18. The van der Waals surface area contributed by atoms with E-state index in [4.69, 9.17) is 5.73 Å². The van der Waals surface area contributed by atoms with Crippen LogP contribution >= 0.6 is 0 Å². The summed E-state index contributed by atoms with van der Waals surface area (Å²) in [5, 5.41) is 2.79. The van der Waals surface area contributed by atoms with Crippen molar-refractivity contribution in [1.82, 2.24) is 10.0 Å². The van der Waals surface area contributed by atoms with E-state index in [2.05, 4.69) is 10.0 Å². The number of sulfonamides is 1. The molecular weight excluding hydrogens is 266 g/mol. The number of nitrogens with one attached hydrogen (secondary N) is 2. The summed E-state index contributed by atoms with van der Waals surface area (Å²) >= 11 is 0. The van der Waals surface area contributed by atoms with Crippen LogP contribution in [0.4, 0.5) is 0 Å². The number of amides is 1. The molecule has 1 rings (SSSR count). The minimum atomic E-state index is -3.43. The van der Waals surface area contributed by atoms with Gasteiger partial charge in [0.1, 0.15) is 0 Å². The Labute approximate surface area is 113 Å². The van der Waals surface area contributed by atoms with E-state index < -0.39 is 10.0 Å². The van der Waals surface area contributed by atoms with Gasteiger partial charge in [0.15, 0.2) is 0 Å². The Kier molecular flexibility index (Phi) is 5.46. The van der Waals surface area contributed by atoms with Crippen molar-refractivity contribution in [2.45, 2.75) is 24.3 Å². The van der Waals surface area contributed by atoms with Crippen LogP contribution in [0.2, 0.25) is 0 Å². The molecule has 0 spiro atoms. The fraction of sp³-hybridized carbons (Fsp3) is 0.417. The highest BCUT2D eigenvalue weighted by molar-refractivity contribution is 7.89. The molecule has 0 fully saturated rings. The summed E-state index contributed by atoms with van der Waals surface area (Å²) in [5.74, 6) is -0.123. The average molecular weight is 285 g/mol. The molecule has 0 saturated carbocycles. The molecule has 0 radical (unpaired) electrons. The lowest BCUT2D eigenvalue weighted by Crippen LogP contribution is -2.28. The lowest BCUT2D eigenvalue weighted by molar-refractivity contribution is -0.121. The van der Waals surface area contributed by atoms with E-state index >= 15 is 0 Å². The summed E-state index contributed by atoms with van der Waals surface area (Å²) in [6.45, 7) is 2.13. The molecule has 19 heavy (non-hydrogen) atoms. The van der Waals surface area contributed by atoms with E-state index in [0.717, 1.165) is 5.56 Å². The largest absolute Gasteiger partial charge is 0.350 e. The molecule has 1 amide bonds. The van der Waals surface area contributed by atoms with Gasteiger partial charge >= 0.3 is 0 Å². The van der Waals surface area contributed by atoms with E-state index in [1.54, 1.807) is 12.1 Å². The van der Waals surface area contributed by atoms with E-state index in [-0.39, 0.29) is 23.3 Å². The SMILES string of the molecule is CNS(=O)(=O)c1ccc(C(C)NC(=O)CCN)cc1. The Morgan fingerprint density at radius 2 is 1.89 bits per heavy atom. The number of nitrogens with two attached hydrogens (primary N) is 1. The third-order valence-corrected chi connectivity index (χ3v) is 4.14. The molecule has 0 saturated heterocycles. The highest BCUT2D eigenvalue weighted by atomic mass is 32.2. The highest BCUT2D eigenvalue weighted by Gasteiger charge is 2.13. The topological polar surface area (TPSA) is 101 Å². The third kappa shape index (κ3) is 4.30. The van der Waals surface area contributed by atoms with Crippen LogP contribution in [-0.2, 0) is 14.8 Å². The van der Waals surface area contributed by atoms with Gasteiger partial charge in [0.25, 0.3) is 0 Å². The summed E-state index contributed by atoms with van der Waals surface area (Å²) in [4.78, 5) is 11.6. The Morgan fingerprint density at radius 1 is 1.32 bits per heavy atom. The van der Waals surface area contributed by atoms with Crippen molar-refractivity contribution in [2.24, 2.45) is 5.73 Å². The molecule has 0 aliphatic carbocycles. The van der Waals surface area contributed by atoms with Gasteiger partial charge < -0.3 is 11.1 Å². The molecule has 4 N–H and O–H groups in total. The summed E-state index contributed by atoms with van der Waals surface area (Å²) in [6.07, 6.45) is 0.274. The molecule has 6 nitrogen and oxygen atoms in total. The zero-order valence-corrected chi connectivity index (χ0v) is 11.8. The number of benzene rings is 1. The van der Waals surface area contributed by atoms with Gasteiger partial charge in [0, 0.05) is 13.0 Å². The molecule has 0 bridgehead atoms.